The highest BCUT2D eigenvalue weighted by Crippen LogP contribution is 2.09. The van der Waals surface area contributed by atoms with Crippen molar-refractivity contribution in [3.63, 3.8) is 0 Å². The Balaban J connectivity index is 2.61. The van der Waals surface area contributed by atoms with Crippen LogP contribution in [-0.4, -0.2) is 36.6 Å². The summed E-state index contributed by atoms with van der Waals surface area (Å²) >= 11 is 0. The van der Waals surface area contributed by atoms with Gasteiger partial charge < -0.3 is 10.1 Å². The van der Waals surface area contributed by atoms with Gasteiger partial charge in [-0.25, -0.2) is 18.1 Å². The number of aryl methyl sites for hydroxylation is 1. The average molecular weight is 261 g/mol. The van der Waals surface area contributed by atoms with Crippen LogP contribution in [0.25, 0.3) is 0 Å². The summed E-state index contributed by atoms with van der Waals surface area (Å²) in [5, 5.41) is 8.90. The third-order valence-corrected chi connectivity index (χ3v) is 3.98. The molecule has 0 saturated carbocycles. The van der Waals surface area contributed by atoms with Gasteiger partial charge in [-0.3, -0.25) is 0 Å². The lowest BCUT2D eigenvalue weighted by atomic mass is 10.0. The second-order valence-corrected chi connectivity index (χ2v) is 5.71. The van der Waals surface area contributed by atoms with Crippen molar-refractivity contribution in [3.8, 4) is 0 Å². The number of aromatic amines is 1. The minimum atomic E-state index is -3.51. The Labute approximate surface area is 102 Å². The van der Waals surface area contributed by atoms with Crippen molar-refractivity contribution < 1.29 is 13.5 Å². The highest BCUT2D eigenvalue weighted by Gasteiger charge is 2.17. The molecule has 0 aliphatic heterocycles. The van der Waals surface area contributed by atoms with E-state index in [2.05, 4.69) is 14.7 Å². The summed E-state index contributed by atoms with van der Waals surface area (Å²) in [5.74, 6) is 0.714. The second-order valence-electron chi connectivity index (χ2n) is 3.97. The number of rotatable bonds is 7. The smallest absolute Gasteiger partial charge is 0.257 e. The lowest BCUT2D eigenvalue weighted by Gasteiger charge is -2.13. The number of H-pyrrole nitrogens is 1. The summed E-state index contributed by atoms with van der Waals surface area (Å²) in [6, 6.07) is 0. The van der Waals surface area contributed by atoms with Gasteiger partial charge in [0, 0.05) is 13.2 Å². The topological polar surface area (TPSA) is 95.1 Å². The number of aromatic nitrogens is 2. The van der Waals surface area contributed by atoms with Crippen molar-refractivity contribution >= 4 is 10.0 Å². The highest BCUT2D eigenvalue weighted by molar-refractivity contribution is 7.89. The molecular formula is C10H19N3O3S. The molecule has 0 saturated heterocycles. The number of aliphatic hydroxyl groups excluding tert-OH is 1. The lowest BCUT2D eigenvalue weighted by molar-refractivity contribution is 0.254. The van der Waals surface area contributed by atoms with Gasteiger partial charge in [-0.05, 0) is 19.3 Å². The molecule has 0 bridgehead atoms. The lowest BCUT2D eigenvalue weighted by Crippen LogP contribution is -2.30. The van der Waals surface area contributed by atoms with Crippen molar-refractivity contribution in [3.05, 3.63) is 12.0 Å². The zero-order valence-electron chi connectivity index (χ0n) is 10.1. The number of aliphatic hydroxyl groups is 1. The maximum atomic E-state index is 11.8. The van der Waals surface area contributed by atoms with E-state index in [1.807, 2.05) is 6.92 Å². The quantitative estimate of drug-likeness (QED) is 0.662. The molecule has 7 heteroatoms. The summed E-state index contributed by atoms with van der Waals surface area (Å²) < 4.78 is 26.2. The van der Waals surface area contributed by atoms with Gasteiger partial charge in [-0.1, -0.05) is 13.3 Å². The molecule has 0 aliphatic carbocycles. The molecular weight excluding hydrogens is 242 g/mol. The zero-order valence-corrected chi connectivity index (χ0v) is 10.9. The van der Waals surface area contributed by atoms with Crippen molar-refractivity contribution in [2.75, 3.05) is 13.2 Å². The average Bonchev–Trinajstić information content (AvgIpc) is 2.72. The van der Waals surface area contributed by atoms with Crippen molar-refractivity contribution in [1.29, 1.82) is 0 Å². The van der Waals surface area contributed by atoms with Crippen molar-refractivity contribution in [2.24, 2.45) is 5.92 Å². The number of hydrogen-bond donors (Lipinski definition) is 3. The molecule has 1 rings (SSSR count). The number of nitrogens with one attached hydrogen (secondary N) is 2. The molecule has 1 heterocycles. The van der Waals surface area contributed by atoms with E-state index in [-0.39, 0.29) is 17.6 Å². The van der Waals surface area contributed by atoms with Gasteiger partial charge in [0.05, 0.1) is 6.20 Å². The van der Waals surface area contributed by atoms with Crippen molar-refractivity contribution in [1.82, 2.24) is 14.7 Å². The third kappa shape index (κ3) is 4.10. The Morgan fingerprint density at radius 1 is 1.59 bits per heavy atom. The Bertz CT molecular complexity index is 441. The number of hydrogen-bond acceptors (Lipinski definition) is 4. The Kier molecular flexibility index (Phi) is 5.10. The van der Waals surface area contributed by atoms with Crippen LogP contribution in [0.3, 0.4) is 0 Å². The van der Waals surface area contributed by atoms with Gasteiger partial charge in [-0.15, -0.1) is 0 Å². The van der Waals surface area contributed by atoms with Crippen molar-refractivity contribution in [2.45, 2.75) is 31.7 Å². The molecule has 0 aliphatic rings. The number of sulfonamides is 1. The third-order valence-electron chi connectivity index (χ3n) is 2.65. The maximum Gasteiger partial charge on any atom is 0.257 e. The fourth-order valence-corrected chi connectivity index (χ4v) is 2.56. The van der Waals surface area contributed by atoms with Crippen LogP contribution >= 0.6 is 0 Å². The summed E-state index contributed by atoms with van der Waals surface area (Å²) in [4.78, 5) is 6.53. The molecule has 6 nitrogen and oxygen atoms in total. The van der Waals surface area contributed by atoms with Crippen LogP contribution in [-0.2, 0) is 10.0 Å². The predicted molar refractivity (Wildman–Crippen MR) is 64.0 cm³/mol. The molecule has 0 fully saturated rings. The van der Waals surface area contributed by atoms with Crippen LogP contribution in [0.2, 0.25) is 0 Å². The summed E-state index contributed by atoms with van der Waals surface area (Å²) in [7, 11) is -3.51. The molecule has 0 radical (unpaired) electrons. The van der Waals surface area contributed by atoms with E-state index in [1.54, 1.807) is 6.92 Å². The Morgan fingerprint density at radius 3 is 2.76 bits per heavy atom. The van der Waals surface area contributed by atoms with E-state index >= 15 is 0 Å². The van der Waals surface area contributed by atoms with Gasteiger partial charge in [-0.2, -0.15) is 0 Å². The molecule has 1 aromatic heterocycles. The van der Waals surface area contributed by atoms with Gasteiger partial charge >= 0.3 is 0 Å². The molecule has 0 amide bonds. The standard InChI is InChI=1S/C10H19N3O3S/c1-3-9(4-5-14)6-12-17(15,16)10-7-11-8(2)13-10/h7,9,12,14H,3-6H2,1-2H3,(H,11,13). The van der Waals surface area contributed by atoms with Gasteiger partial charge in [0.2, 0.25) is 0 Å². The molecule has 1 unspecified atom stereocenters. The van der Waals surface area contributed by atoms with Crippen LogP contribution in [0, 0.1) is 12.8 Å². The highest BCUT2D eigenvalue weighted by atomic mass is 32.2. The SMILES string of the molecule is CCC(CCO)CNS(=O)(=O)c1cnc(C)[nH]1. The summed E-state index contributed by atoms with van der Waals surface area (Å²) in [6.45, 7) is 4.06. The zero-order chi connectivity index (χ0) is 12.9. The first-order valence-electron chi connectivity index (χ1n) is 5.61. The van der Waals surface area contributed by atoms with Crippen LogP contribution in [0.15, 0.2) is 11.2 Å². The number of nitrogens with zero attached hydrogens (tertiary/aromatic N) is 1. The van der Waals surface area contributed by atoms with E-state index in [0.717, 1.165) is 6.42 Å². The normalized spacial score (nSPS) is 13.8. The van der Waals surface area contributed by atoms with E-state index in [1.165, 1.54) is 6.20 Å². The first kappa shape index (κ1) is 14.1. The monoisotopic (exact) mass is 261 g/mol. The van der Waals surface area contributed by atoms with E-state index < -0.39 is 10.0 Å². The largest absolute Gasteiger partial charge is 0.396 e. The minimum Gasteiger partial charge on any atom is -0.396 e. The maximum absolute atomic E-state index is 11.8. The van der Waals surface area contributed by atoms with Gasteiger partial charge in [0.1, 0.15) is 5.82 Å². The fourth-order valence-electron chi connectivity index (χ4n) is 1.47. The van der Waals surface area contributed by atoms with E-state index in [9.17, 15) is 8.42 Å². The molecule has 1 aromatic rings. The van der Waals surface area contributed by atoms with Gasteiger partial charge in [0.15, 0.2) is 5.03 Å². The first-order chi connectivity index (χ1) is 7.99. The van der Waals surface area contributed by atoms with E-state index in [0.29, 0.717) is 18.8 Å². The molecule has 3 N–H and O–H groups in total. The minimum absolute atomic E-state index is 0.0728. The Hall–Kier alpha value is -0.920. The predicted octanol–water partition coefficient (Wildman–Crippen LogP) is 0.405. The van der Waals surface area contributed by atoms with Gasteiger partial charge in [0.25, 0.3) is 10.0 Å². The summed E-state index contributed by atoms with van der Waals surface area (Å²) in [6.07, 6.45) is 2.72. The van der Waals surface area contributed by atoms with Crippen LogP contribution in [0.4, 0.5) is 0 Å². The molecule has 0 spiro atoms. The summed E-state index contributed by atoms with van der Waals surface area (Å²) in [5.41, 5.74) is 0. The first-order valence-corrected chi connectivity index (χ1v) is 7.10. The Morgan fingerprint density at radius 2 is 2.29 bits per heavy atom. The molecule has 17 heavy (non-hydrogen) atoms. The molecule has 98 valence electrons. The molecule has 1 atom stereocenters. The molecule has 0 aromatic carbocycles. The van der Waals surface area contributed by atoms with Crippen LogP contribution in [0.5, 0.6) is 0 Å². The second kappa shape index (κ2) is 6.13. The fraction of sp³-hybridized carbons (Fsp3) is 0.700. The number of imidazole rings is 1. The van der Waals surface area contributed by atoms with Crippen LogP contribution < -0.4 is 4.72 Å². The van der Waals surface area contributed by atoms with E-state index in [4.69, 9.17) is 5.11 Å². The van der Waals surface area contributed by atoms with Crippen LogP contribution in [0.1, 0.15) is 25.6 Å².